The summed E-state index contributed by atoms with van der Waals surface area (Å²) < 4.78 is 4.93. The lowest BCUT2D eigenvalue weighted by Gasteiger charge is -2.41. The average Bonchev–Trinajstić information content (AvgIpc) is 0.817. The van der Waals surface area contributed by atoms with Crippen LogP contribution in [-0.4, -0.2) is 229 Å². The Bertz CT molecular complexity index is 2750. The molecule has 1 aromatic rings. The lowest BCUT2D eigenvalue weighted by Crippen LogP contribution is -2.61. The summed E-state index contributed by atoms with van der Waals surface area (Å²) in [5.74, 6) is -8.94. The summed E-state index contributed by atoms with van der Waals surface area (Å²) in [6.45, 7) is 28.3. The minimum absolute atomic E-state index is 0.0750. The van der Waals surface area contributed by atoms with Crippen molar-refractivity contribution < 1.29 is 62.3 Å². The van der Waals surface area contributed by atoms with Gasteiger partial charge in [-0.25, -0.2) is 4.79 Å². The van der Waals surface area contributed by atoms with Crippen LogP contribution in [0.2, 0.25) is 0 Å². The van der Waals surface area contributed by atoms with E-state index in [0.29, 0.717) is 31.2 Å². The van der Waals surface area contributed by atoms with E-state index in [1.54, 1.807) is 52.8 Å². The van der Waals surface area contributed by atoms with Crippen LogP contribution in [0.3, 0.4) is 0 Å². The highest BCUT2D eigenvalue weighted by atomic mass is 16.5. The Labute approximate surface area is 561 Å². The Morgan fingerprint density at radius 3 is 1.50 bits per heavy atom. The Morgan fingerprint density at radius 1 is 0.500 bits per heavy atom. The highest BCUT2D eigenvalue weighted by Crippen LogP contribution is 2.26. The SMILES string of the molecule is CC[C@@H]1NC(=O)[C@H](C[C@H](C)CCCc2cccc(C(=O)OC)c2)N(C)C(=O)[C@H](C(C)C)N(C)C(=O)[C@H](CCC(C)C)N(C)C(=O)[C@H](CC(C)C)N(C)C(=O)[C@H](C)NC(=O)[C@@H](C)NC(=O)[C@@H](CC(C)C)N(C)C(=O)[C@@H](C(C)C)NC(=O)[C@H](CC(C)C)N(C)C(=O)CN(C)C1=O. The van der Waals surface area contributed by atoms with E-state index in [1.165, 1.54) is 99.7 Å². The van der Waals surface area contributed by atoms with Crippen LogP contribution in [0.15, 0.2) is 24.3 Å². The molecule has 1 aliphatic rings. The molecule has 24 heteroatoms. The molecule has 2 rings (SSSR count). The average molecular weight is 1320 g/mol. The molecule has 1 aromatic carbocycles. The molecule has 0 bridgehead atoms. The third-order valence-electron chi connectivity index (χ3n) is 18.0. The fourth-order valence-corrected chi connectivity index (χ4v) is 12.0. The smallest absolute Gasteiger partial charge is 0.337 e. The zero-order valence-electron chi connectivity index (χ0n) is 61.3. The molecule has 4 N–H and O–H groups in total. The van der Waals surface area contributed by atoms with E-state index in [9.17, 15) is 38.4 Å². The maximum Gasteiger partial charge on any atom is 0.337 e. The molecule has 532 valence electrons. The van der Waals surface area contributed by atoms with Crippen LogP contribution in [0.4, 0.5) is 0 Å². The zero-order valence-corrected chi connectivity index (χ0v) is 61.3. The lowest BCUT2D eigenvalue weighted by molar-refractivity contribution is -0.156. The number of amides is 11. The fourth-order valence-electron chi connectivity index (χ4n) is 12.0. The third-order valence-corrected chi connectivity index (χ3v) is 18.0. The number of methoxy groups -OCH3 is 1. The maximum absolute atomic E-state index is 15.4. The van der Waals surface area contributed by atoms with Crippen molar-refractivity contribution in [2.75, 3.05) is 63.0 Å². The Balaban J connectivity index is 2.96. The van der Waals surface area contributed by atoms with Crippen molar-refractivity contribution in [1.82, 2.24) is 55.6 Å². The van der Waals surface area contributed by atoms with Crippen molar-refractivity contribution in [3.63, 3.8) is 0 Å². The molecule has 94 heavy (non-hydrogen) atoms. The van der Waals surface area contributed by atoms with Crippen LogP contribution >= 0.6 is 0 Å². The van der Waals surface area contributed by atoms with Crippen LogP contribution in [0.1, 0.15) is 184 Å². The van der Waals surface area contributed by atoms with Gasteiger partial charge in [0.15, 0.2) is 0 Å². The quantitative estimate of drug-likeness (QED) is 0.124. The maximum atomic E-state index is 15.4. The monoisotopic (exact) mass is 1320 g/mol. The molecule has 0 aromatic heterocycles. The first-order chi connectivity index (χ1) is 43.6. The molecule has 0 saturated carbocycles. The van der Waals surface area contributed by atoms with Gasteiger partial charge in [0.2, 0.25) is 65.0 Å². The number of hydrogen-bond acceptors (Lipinski definition) is 13. The molecule has 0 spiro atoms. The largest absolute Gasteiger partial charge is 0.465 e. The van der Waals surface area contributed by atoms with Crippen LogP contribution in [0, 0.1) is 41.4 Å². The first kappa shape index (κ1) is 83.0. The van der Waals surface area contributed by atoms with Crippen molar-refractivity contribution in [2.24, 2.45) is 41.4 Å². The standard InChI is InChI=1S/C70H119N11O13/c1-25-51-65(88)75(17)39-57(82)76(18)53(34-41(4)5)63(86)74-58(44(10)11)68(91)78(20)54(35-42(6)7)61(84)71-47(15)60(83)72-48(16)64(87)80(22)56(36-43(8)9)67(90)77(19)52(33-32-40(2)3)66(89)81(23)59(45(12)13)69(92)79(21)55(62(85)73-51)37-46(14)28-26-29-49-30-27-31-50(38-49)70(93)94-24/h27,30-31,38,40-48,51-56,58-59H,25-26,28-29,32-37,39H2,1-24H3,(H,71,84)(H,72,83)(H,73,85)(H,74,86)/t46-,47-,48+,51+,52+,53+,54-,55+,56+,58-,59+/m1/s1. The van der Waals surface area contributed by atoms with Gasteiger partial charge < -0.3 is 60.3 Å². The fraction of sp³-hybridized carbons (Fsp3) is 0.743. The highest BCUT2D eigenvalue weighted by Gasteiger charge is 2.44. The molecule has 11 amide bonds. The second-order valence-corrected chi connectivity index (χ2v) is 28.7. The highest BCUT2D eigenvalue weighted by molar-refractivity contribution is 5.99. The first-order valence-corrected chi connectivity index (χ1v) is 33.9. The zero-order chi connectivity index (χ0) is 72.1. The van der Waals surface area contributed by atoms with Gasteiger partial charge in [0.1, 0.15) is 60.4 Å². The van der Waals surface area contributed by atoms with Crippen molar-refractivity contribution in [1.29, 1.82) is 0 Å². The number of benzene rings is 1. The molecule has 1 heterocycles. The number of nitrogens with one attached hydrogen (secondary N) is 4. The van der Waals surface area contributed by atoms with Crippen molar-refractivity contribution in [3.05, 3.63) is 35.4 Å². The topological polar surface area (TPSA) is 285 Å². The van der Waals surface area contributed by atoms with Crippen LogP contribution in [-0.2, 0) is 63.9 Å². The van der Waals surface area contributed by atoms with E-state index >= 15 is 19.2 Å². The van der Waals surface area contributed by atoms with Crippen molar-refractivity contribution in [2.45, 2.75) is 235 Å². The van der Waals surface area contributed by atoms with E-state index in [1.807, 2.05) is 68.4 Å². The second kappa shape index (κ2) is 38.4. The van der Waals surface area contributed by atoms with E-state index in [4.69, 9.17) is 4.74 Å². The molecular formula is C70H119N11O13. The van der Waals surface area contributed by atoms with Gasteiger partial charge in [-0.1, -0.05) is 115 Å². The number of rotatable bonds is 19. The predicted octanol–water partition coefficient (Wildman–Crippen LogP) is 5.53. The Kier molecular flexibility index (Phi) is 33.9. The van der Waals surface area contributed by atoms with Crippen LogP contribution < -0.4 is 21.3 Å². The first-order valence-electron chi connectivity index (χ1n) is 33.9. The summed E-state index contributed by atoms with van der Waals surface area (Å²) in [4.78, 5) is 183. The molecule has 0 unspecified atom stereocenters. The molecule has 1 fully saturated rings. The minimum Gasteiger partial charge on any atom is -0.465 e. The molecular weight excluding hydrogens is 1200 g/mol. The summed E-state index contributed by atoms with van der Waals surface area (Å²) in [6.07, 6.45) is 3.18. The number of carbonyl (C=O) groups excluding carboxylic acids is 12. The van der Waals surface area contributed by atoms with Crippen molar-refractivity contribution >= 4 is 70.9 Å². The molecule has 1 aliphatic heterocycles. The van der Waals surface area contributed by atoms with Gasteiger partial charge in [-0.05, 0) is 131 Å². The molecule has 0 radical (unpaired) electrons. The molecule has 1 saturated heterocycles. The predicted molar refractivity (Wildman–Crippen MR) is 363 cm³/mol. The van der Waals surface area contributed by atoms with Crippen LogP contribution in [0.5, 0.6) is 0 Å². The summed E-state index contributed by atoms with van der Waals surface area (Å²) in [5.41, 5.74) is 1.31. The van der Waals surface area contributed by atoms with E-state index in [-0.39, 0.29) is 68.1 Å². The number of esters is 1. The van der Waals surface area contributed by atoms with Gasteiger partial charge in [-0.2, -0.15) is 0 Å². The van der Waals surface area contributed by atoms with E-state index < -0.39 is 150 Å². The van der Waals surface area contributed by atoms with Gasteiger partial charge >= 0.3 is 5.97 Å². The Morgan fingerprint density at radius 2 is 0.979 bits per heavy atom. The van der Waals surface area contributed by atoms with Gasteiger partial charge in [0.05, 0.1) is 19.2 Å². The number of ether oxygens (including phenoxy) is 1. The number of hydrogen-bond donors (Lipinski definition) is 4. The van der Waals surface area contributed by atoms with Gasteiger partial charge in [-0.15, -0.1) is 0 Å². The summed E-state index contributed by atoms with van der Waals surface area (Å²) in [7, 11) is 11.5. The van der Waals surface area contributed by atoms with Gasteiger partial charge in [-0.3, -0.25) is 52.7 Å². The van der Waals surface area contributed by atoms with Crippen LogP contribution in [0.25, 0.3) is 0 Å². The number of aryl methyl sites for hydroxylation is 1. The van der Waals surface area contributed by atoms with Crippen molar-refractivity contribution in [3.8, 4) is 0 Å². The van der Waals surface area contributed by atoms with E-state index in [0.717, 1.165) is 10.5 Å². The van der Waals surface area contributed by atoms with Gasteiger partial charge in [0, 0.05) is 49.3 Å². The molecule has 24 nitrogen and oxygen atoms in total. The van der Waals surface area contributed by atoms with E-state index in [2.05, 4.69) is 21.3 Å². The molecule has 0 aliphatic carbocycles. The summed E-state index contributed by atoms with van der Waals surface area (Å²) in [5, 5.41) is 11.2. The second-order valence-electron chi connectivity index (χ2n) is 28.7. The normalized spacial score (nSPS) is 24.9. The summed E-state index contributed by atoms with van der Waals surface area (Å²) in [6, 6.07) is -4.61. The molecule has 11 atom stereocenters. The number of likely N-dealkylation sites (N-methyl/N-ethyl adjacent to an activating group) is 7. The summed E-state index contributed by atoms with van der Waals surface area (Å²) >= 11 is 0. The van der Waals surface area contributed by atoms with Gasteiger partial charge in [0.25, 0.3) is 0 Å². The number of carbonyl (C=O) groups is 12. The minimum atomic E-state index is -1.23. The third kappa shape index (κ3) is 23.9. The lowest BCUT2D eigenvalue weighted by atomic mass is 9.92. The Hall–Kier alpha value is -7.14. The number of nitrogens with zero attached hydrogens (tertiary/aromatic N) is 7.